The first-order chi connectivity index (χ1) is 10.1. The Balaban J connectivity index is 1.83. The van der Waals surface area contributed by atoms with Gasteiger partial charge in [-0.3, -0.25) is 4.79 Å². The predicted molar refractivity (Wildman–Crippen MR) is 78.7 cm³/mol. The van der Waals surface area contributed by atoms with E-state index in [-0.39, 0.29) is 17.6 Å². The summed E-state index contributed by atoms with van der Waals surface area (Å²) >= 11 is 1.71. The summed E-state index contributed by atoms with van der Waals surface area (Å²) in [5, 5.41) is 3.22. The third kappa shape index (κ3) is 2.97. The van der Waals surface area contributed by atoms with Crippen LogP contribution < -0.4 is 11.1 Å². The monoisotopic (exact) mass is 304 g/mol. The number of nitrogens with two attached hydrogens (primary N) is 1. The number of carbonyl (C=O) groups is 1. The van der Waals surface area contributed by atoms with Gasteiger partial charge in [0.2, 0.25) is 0 Å². The van der Waals surface area contributed by atoms with Crippen LogP contribution in [0.2, 0.25) is 0 Å². The number of anilines is 1. The highest BCUT2D eigenvalue weighted by Gasteiger charge is 2.21. The Kier molecular flexibility index (Phi) is 3.74. The molecule has 5 nitrogen and oxygen atoms in total. The zero-order chi connectivity index (χ0) is 14.8. The minimum atomic E-state index is -0.615. The highest BCUT2D eigenvalue weighted by atomic mass is 32.2. The fraction of sp³-hybridized carbons (Fsp3) is 0.214. The van der Waals surface area contributed by atoms with E-state index in [1.54, 1.807) is 23.9 Å². The Morgan fingerprint density at radius 2 is 2.24 bits per heavy atom. The van der Waals surface area contributed by atoms with Crippen molar-refractivity contribution in [3.05, 3.63) is 47.7 Å². The minimum absolute atomic E-state index is 0.0225. The molecule has 1 aliphatic rings. The first-order valence-electron chi connectivity index (χ1n) is 6.44. The molecule has 2 heterocycles. The van der Waals surface area contributed by atoms with Gasteiger partial charge in [-0.25, -0.2) is 14.4 Å². The van der Waals surface area contributed by atoms with Crippen molar-refractivity contribution in [1.29, 1.82) is 0 Å². The molecule has 21 heavy (non-hydrogen) atoms. The van der Waals surface area contributed by atoms with Crippen molar-refractivity contribution in [3.63, 3.8) is 0 Å². The third-order valence-corrected chi connectivity index (χ3v) is 4.36. The van der Waals surface area contributed by atoms with Crippen molar-refractivity contribution in [2.75, 3.05) is 11.1 Å². The van der Waals surface area contributed by atoms with Gasteiger partial charge in [0.25, 0.3) is 5.91 Å². The van der Waals surface area contributed by atoms with Gasteiger partial charge in [0.15, 0.2) is 0 Å². The fourth-order valence-electron chi connectivity index (χ4n) is 2.22. The zero-order valence-corrected chi connectivity index (χ0v) is 11.9. The lowest BCUT2D eigenvalue weighted by Gasteiger charge is -2.26. The number of nitrogens with zero attached hydrogens (tertiary/aromatic N) is 2. The molecule has 1 aliphatic heterocycles. The normalized spacial score (nSPS) is 17.1. The van der Waals surface area contributed by atoms with Crippen LogP contribution in [0.5, 0.6) is 0 Å². The summed E-state index contributed by atoms with van der Waals surface area (Å²) in [5.41, 5.74) is 6.16. The number of hydrogen-bond donors (Lipinski definition) is 2. The van der Waals surface area contributed by atoms with Crippen molar-refractivity contribution in [2.24, 2.45) is 5.73 Å². The van der Waals surface area contributed by atoms with Crippen LogP contribution in [-0.2, 0) is 0 Å². The molecule has 1 atom stereocenters. The summed E-state index contributed by atoms with van der Waals surface area (Å²) < 4.78 is 13.4. The third-order valence-electron chi connectivity index (χ3n) is 3.24. The number of amides is 1. The van der Waals surface area contributed by atoms with E-state index in [4.69, 9.17) is 5.73 Å². The molecule has 0 saturated heterocycles. The van der Waals surface area contributed by atoms with Crippen molar-refractivity contribution >= 4 is 23.5 Å². The lowest BCUT2D eigenvalue weighted by molar-refractivity contribution is 0.0995. The van der Waals surface area contributed by atoms with Gasteiger partial charge in [0.1, 0.15) is 17.3 Å². The van der Waals surface area contributed by atoms with Gasteiger partial charge in [0.05, 0.1) is 18.4 Å². The molecule has 0 bridgehead atoms. The average Bonchev–Trinajstić information content (AvgIpc) is 2.48. The molecule has 0 saturated carbocycles. The molecule has 0 aliphatic carbocycles. The SMILES string of the molecule is NC(=O)c1cnc(N[C@@H]2CCSc3ccc(F)cc32)cn1. The van der Waals surface area contributed by atoms with Gasteiger partial charge in [-0.1, -0.05) is 0 Å². The van der Waals surface area contributed by atoms with Crippen LogP contribution in [0.25, 0.3) is 0 Å². The van der Waals surface area contributed by atoms with E-state index in [9.17, 15) is 9.18 Å². The number of hydrogen-bond acceptors (Lipinski definition) is 5. The Hall–Kier alpha value is -2.15. The standard InChI is InChI=1S/C14H13FN4OS/c15-8-1-2-12-9(5-8)10(3-4-21-12)19-13-7-17-11(6-18-13)14(16)20/h1-2,5-7,10H,3-4H2,(H2,16,20)(H,18,19)/t10-/m1/s1. The molecule has 1 aromatic carbocycles. The van der Waals surface area contributed by atoms with Crippen LogP contribution in [0.3, 0.4) is 0 Å². The van der Waals surface area contributed by atoms with Crippen molar-refractivity contribution in [1.82, 2.24) is 9.97 Å². The highest BCUT2D eigenvalue weighted by molar-refractivity contribution is 7.99. The number of halogens is 1. The number of carbonyl (C=O) groups excluding carboxylic acids is 1. The molecule has 3 N–H and O–H groups in total. The van der Waals surface area contributed by atoms with Crippen LogP contribution in [0.15, 0.2) is 35.5 Å². The molecule has 2 aromatic rings. The fourth-order valence-corrected chi connectivity index (χ4v) is 3.33. The number of benzene rings is 1. The van der Waals surface area contributed by atoms with Crippen molar-refractivity contribution < 1.29 is 9.18 Å². The molecule has 1 aromatic heterocycles. The summed E-state index contributed by atoms with van der Waals surface area (Å²) in [4.78, 5) is 20.1. The quantitative estimate of drug-likeness (QED) is 0.910. The summed E-state index contributed by atoms with van der Waals surface area (Å²) in [6.45, 7) is 0. The Morgan fingerprint density at radius 1 is 1.38 bits per heavy atom. The molecule has 0 fully saturated rings. The highest BCUT2D eigenvalue weighted by Crippen LogP contribution is 2.37. The summed E-state index contributed by atoms with van der Waals surface area (Å²) in [5.74, 6) is 0.615. The van der Waals surface area contributed by atoms with Gasteiger partial charge >= 0.3 is 0 Å². The van der Waals surface area contributed by atoms with E-state index in [1.165, 1.54) is 18.5 Å². The molecular weight excluding hydrogens is 291 g/mol. The summed E-state index contributed by atoms with van der Waals surface area (Å²) in [6, 6.07) is 4.79. The van der Waals surface area contributed by atoms with E-state index in [0.717, 1.165) is 22.6 Å². The van der Waals surface area contributed by atoms with Gasteiger partial charge in [-0.15, -0.1) is 11.8 Å². The Morgan fingerprint density at radius 3 is 2.95 bits per heavy atom. The molecule has 0 unspecified atom stereocenters. The van der Waals surface area contributed by atoms with Crippen molar-refractivity contribution in [2.45, 2.75) is 17.4 Å². The molecule has 0 spiro atoms. The maximum absolute atomic E-state index is 13.4. The lowest BCUT2D eigenvalue weighted by Crippen LogP contribution is -2.18. The number of aromatic nitrogens is 2. The summed E-state index contributed by atoms with van der Waals surface area (Å²) in [7, 11) is 0. The maximum atomic E-state index is 13.4. The van der Waals surface area contributed by atoms with Gasteiger partial charge in [-0.05, 0) is 30.2 Å². The molecule has 3 rings (SSSR count). The number of fused-ring (bicyclic) bond motifs is 1. The first kappa shape index (κ1) is 13.8. The topological polar surface area (TPSA) is 80.9 Å². The molecule has 1 amide bonds. The average molecular weight is 304 g/mol. The molecular formula is C14H13FN4OS. The van der Waals surface area contributed by atoms with Crippen LogP contribution in [0, 0.1) is 5.82 Å². The number of thioether (sulfide) groups is 1. The van der Waals surface area contributed by atoms with Crippen LogP contribution in [-0.4, -0.2) is 21.6 Å². The van der Waals surface area contributed by atoms with Crippen LogP contribution in [0.4, 0.5) is 10.2 Å². The van der Waals surface area contributed by atoms with Crippen LogP contribution >= 0.6 is 11.8 Å². The van der Waals surface area contributed by atoms with E-state index in [1.807, 2.05) is 0 Å². The van der Waals surface area contributed by atoms with Gasteiger partial charge in [0, 0.05) is 10.6 Å². The molecule has 0 radical (unpaired) electrons. The van der Waals surface area contributed by atoms with E-state index in [2.05, 4.69) is 15.3 Å². The largest absolute Gasteiger partial charge is 0.364 e. The minimum Gasteiger partial charge on any atom is -0.364 e. The second-order valence-corrected chi connectivity index (χ2v) is 5.80. The number of rotatable bonds is 3. The smallest absolute Gasteiger partial charge is 0.268 e. The van der Waals surface area contributed by atoms with Gasteiger partial charge in [-0.2, -0.15) is 0 Å². The summed E-state index contributed by atoms with van der Waals surface area (Å²) in [6.07, 6.45) is 3.65. The van der Waals surface area contributed by atoms with E-state index >= 15 is 0 Å². The number of nitrogens with one attached hydrogen (secondary N) is 1. The van der Waals surface area contributed by atoms with Gasteiger partial charge < -0.3 is 11.1 Å². The lowest BCUT2D eigenvalue weighted by atomic mass is 10.0. The molecule has 108 valence electrons. The second kappa shape index (κ2) is 5.69. The Bertz CT molecular complexity index is 677. The van der Waals surface area contributed by atoms with Crippen LogP contribution in [0.1, 0.15) is 28.5 Å². The zero-order valence-electron chi connectivity index (χ0n) is 11.0. The maximum Gasteiger partial charge on any atom is 0.268 e. The number of primary amides is 1. The Labute approximate surface area is 125 Å². The van der Waals surface area contributed by atoms with E-state index < -0.39 is 5.91 Å². The first-order valence-corrected chi connectivity index (χ1v) is 7.42. The second-order valence-electron chi connectivity index (χ2n) is 4.67. The van der Waals surface area contributed by atoms with E-state index in [0.29, 0.717) is 5.82 Å². The van der Waals surface area contributed by atoms with Crippen molar-refractivity contribution in [3.8, 4) is 0 Å². The molecule has 7 heteroatoms. The predicted octanol–water partition coefficient (Wildman–Crippen LogP) is 2.36.